The van der Waals surface area contributed by atoms with E-state index in [1.165, 1.54) is 26.5 Å². The van der Waals surface area contributed by atoms with Gasteiger partial charge in [0.1, 0.15) is 0 Å². The maximum Gasteiger partial charge on any atom is 0.522 e. The molecule has 0 atom stereocenters. The molecule has 8 heteroatoms. The zero-order valence-electron chi connectivity index (χ0n) is 14.7. The Morgan fingerprint density at radius 1 is 0.750 bits per heavy atom. The average Bonchev–Trinajstić information content (AvgIpc) is 2.64. The van der Waals surface area contributed by atoms with Crippen molar-refractivity contribution in [1.82, 2.24) is 0 Å². The van der Waals surface area contributed by atoms with Crippen molar-refractivity contribution in [2.24, 2.45) is 0 Å². The number of benzene rings is 3. The Balaban J connectivity index is 0.000000300. The minimum Gasteiger partial charge on any atom is -0.279 e. The summed E-state index contributed by atoms with van der Waals surface area (Å²) in [4.78, 5) is 2.55. The van der Waals surface area contributed by atoms with Crippen LogP contribution in [0, 0.1) is 6.92 Å². The number of halogens is 3. The Kier molecular flexibility index (Phi) is 7.29. The normalized spacial score (nSPS) is 11.5. The summed E-state index contributed by atoms with van der Waals surface area (Å²) < 4.78 is 57.5. The minimum atomic E-state index is -5.84. The summed E-state index contributed by atoms with van der Waals surface area (Å²) in [6.07, 6.45) is 0. The summed E-state index contributed by atoms with van der Waals surface area (Å²) in [6.45, 7) is 2.11. The van der Waals surface area contributed by atoms with Gasteiger partial charge in [-0.2, -0.15) is 21.6 Å². The zero-order valence-corrected chi connectivity index (χ0v) is 16.4. The highest BCUT2D eigenvalue weighted by atomic mass is 32.2. The predicted molar refractivity (Wildman–Crippen MR) is 105 cm³/mol. The molecule has 3 aromatic rings. The van der Waals surface area contributed by atoms with Crippen LogP contribution in [0.1, 0.15) is 5.56 Å². The quantitative estimate of drug-likeness (QED) is 0.400. The van der Waals surface area contributed by atoms with Crippen molar-refractivity contribution in [3.8, 4) is 11.1 Å². The van der Waals surface area contributed by atoms with Gasteiger partial charge in [-0.15, -0.1) is 0 Å². The molecule has 0 bridgehead atoms. The second kappa shape index (κ2) is 9.27. The highest BCUT2D eigenvalue weighted by Gasteiger charge is 2.44. The van der Waals surface area contributed by atoms with E-state index >= 15 is 0 Å². The number of hydrogen-bond donors (Lipinski definition) is 1. The van der Waals surface area contributed by atoms with Crippen LogP contribution in [-0.2, 0) is 10.1 Å². The predicted octanol–water partition coefficient (Wildman–Crippen LogP) is 6.21. The number of alkyl halides is 3. The smallest absolute Gasteiger partial charge is 0.279 e. The van der Waals surface area contributed by atoms with Crippen molar-refractivity contribution >= 4 is 21.9 Å². The molecule has 0 aromatic heterocycles. The van der Waals surface area contributed by atoms with Crippen molar-refractivity contribution in [2.45, 2.75) is 22.2 Å². The molecule has 0 aliphatic heterocycles. The van der Waals surface area contributed by atoms with E-state index in [2.05, 4.69) is 79.7 Å². The maximum absolute atomic E-state index is 10.7. The van der Waals surface area contributed by atoms with E-state index in [1.807, 2.05) is 6.07 Å². The molecule has 0 spiro atoms. The van der Waals surface area contributed by atoms with Crippen molar-refractivity contribution < 1.29 is 26.1 Å². The Labute approximate surface area is 166 Å². The second-order valence-electron chi connectivity index (χ2n) is 5.73. The fourth-order valence-electron chi connectivity index (χ4n) is 2.09. The molecule has 0 fully saturated rings. The van der Waals surface area contributed by atoms with Gasteiger partial charge in [0, 0.05) is 9.79 Å². The summed E-state index contributed by atoms with van der Waals surface area (Å²) in [5, 5.41) is 0. The first-order valence-corrected chi connectivity index (χ1v) is 10.3. The molecule has 0 unspecified atom stereocenters. The molecule has 28 heavy (non-hydrogen) atoms. The van der Waals surface area contributed by atoms with E-state index in [0.29, 0.717) is 0 Å². The highest BCUT2D eigenvalue weighted by molar-refractivity contribution is 7.99. The van der Waals surface area contributed by atoms with Crippen LogP contribution in [0.2, 0.25) is 0 Å². The molecule has 3 aromatic carbocycles. The van der Waals surface area contributed by atoms with Crippen molar-refractivity contribution in [2.75, 3.05) is 0 Å². The largest absolute Gasteiger partial charge is 0.522 e. The van der Waals surface area contributed by atoms with Crippen molar-refractivity contribution in [1.29, 1.82) is 0 Å². The van der Waals surface area contributed by atoms with Gasteiger partial charge in [0.05, 0.1) is 0 Å². The van der Waals surface area contributed by atoms with Gasteiger partial charge in [0.2, 0.25) is 0 Å². The van der Waals surface area contributed by atoms with Gasteiger partial charge in [-0.3, -0.25) is 4.55 Å². The number of aryl methyl sites for hydroxylation is 1. The van der Waals surface area contributed by atoms with Gasteiger partial charge < -0.3 is 0 Å². The van der Waals surface area contributed by atoms with Gasteiger partial charge in [-0.1, -0.05) is 71.9 Å². The lowest BCUT2D eigenvalue weighted by Gasteiger charge is -2.05. The van der Waals surface area contributed by atoms with E-state index in [9.17, 15) is 13.2 Å². The highest BCUT2D eigenvalue weighted by Crippen LogP contribution is 2.29. The van der Waals surface area contributed by atoms with Crippen molar-refractivity contribution in [3.05, 3.63) is 84.4 Å². The SMILES string of the molecule is Cc1ccc(Sc2ccc(-c3ccccc3)cc2)cc1.O=S(=O)(O)C(F)(F)F. The van der Waals surface area contributed by atoms with Crippen LogP contribution in [0.3, 0.4) is 0 Å². The van der Waals surface area contributed by atoms with E-state index in [0.717, 1.165) is 0 Å². The van der Waals surface area contributed by atoms with E-state index in [-0.39, 0.29) is 0 Å². The van der Waals surface area contributed by atoms with Gasteiger partial charge in [0.25, 0.3) is 0 Å². The molecule has 0 amide bonds. The monoisotopic (exact) mass is 426 g/mol. The van der Waals surface area contributed by atoms with Crippen LogP contribution < -0.4 is 0 Å². The fraction of sp³-hybridized carbons (Fsp3) is 0.100. The molecule has 0 saturated carbocycles. The third-order valence-corrected chi connectivity index (χ3v) is 5.11. The van der Waals surface area contributed by atoms with Crippen LogP contribution in [0.25, 0.3) is 11.1 Å². The van der Waals surface area contributed by atoms with Gasteiger partial charge >= 0.3 is 15.6 Å². The minimum absolute atomic E-state index is 1.26. The van der Waals surface area contributed by atoms with Crippen LogP contribution in [-0.4, -0.2) is 18.5 Å². The maximum atomic E-state index is 10.7. The molecule has 3 rings (SSSR count). The molecule has 1 N–H and O–H groups in total. The Hall–Kier alpha value is -2.29. The Morgan fingerprint density at radius 2 is 1.14 bits per heavy atom. The van der Waals surface area contributed by atoms with Crippen LogP contribution in [0.4, 0.5) is 13.2 Å². The first-order valence-electron chi connectivity index (χ1n) is 8.00. The molecule has 0 saturated heterocycles. The fourth-order valence-corrected chi connectivity index (χ4v) is 2.90. The molecule has 0 heterocycles. The molecule has 0 aliphatic rings. The summed E-state index contributed by atoms with van der Waals surface area (Å²) >= 11 is 1.80. The lowest BCUT2D eigenvalue weighted by atomic mass is 10.1. The standard InChI is InChI=1S/C19H16S.CHF3O3S/c1-15-7-11-18(12-8-15)20-19-13-9-17(10-14-19)16-5-3-2-4-6-16;2-1(3,4)8(5,6)7/h2-14H,1H3;(H,5,6,7). The Bertz CT molecular complexity index is 984. The van der Waals surface area contributed by atoms with E-state index in [1.54, 1.807) is 11.8 Å². The molecule has 0 aliphatic carbocycles. The molecular formula is C20H17F3O3S2. The third kappa shape index (κ3) is 6.70. The van der Waals surface area contributed by atoms with E-state index in [4.69, 9.17) is 13.0 Å². The molecular weight excluding hydrogens is 409 g/mol. The van der Waals surface area contributed by atoms with Crippen molar-refractivity contribution in [3.63, 3.8) is 0 Å². The average molecular weight is 426 g/mol. The third-order valence-electron chi connectivity index (χ3n) is 3.51. The van der Waals surface area contributed by atoms with Crippen LogP contribution >= 0.6 is 11.8 Å². The lowest BCUT2D eigenvalue weighted by Crippen LogP contribution is -2.21. The lowest BCUT2D eigenvalue weighted by molar-refractivity contribution is -0.0510. The topological polar surface area (TPSA) is 54.4 Å². The van der Waals surface area contributed by atoms with Crippen LogP contribution in [0.5, 0.6) is 0 Å². The number of rotatable bonds is 3. The first-order chi connectivity index (χ1) is 13.1. The van der Waals surface area contributed by atoms with Gasteiger partial charge in [-0.05, 0) is 42.3 Å². The summed E-state index contributed by atoms with van der Waals surface area (Å²) in [5.74, 6) is 0. The molecule has 148 valence electrons. The second-order valence-corrected chi connectivity index (χ2v) is 8.29. The van der Waals surface area contributed by atoms with Gasteiger partial charge in [0.15, 0.2) is 0 Å². The number of hydrogen-bond acceptors (Lipinski definition) is 3. The summed E-state index contributed by atoms with van der Waals surface area (Å²) in [5.41, 5.74) is -1.71. The summed E-state index contributed by atoms with van der Waals surface area (Å²) in [7, 11) is -5.84. The zero-order chi connectivity index (χ0) is 20.8. The molecule has 0 radical (unpaired) electrons. The molecule has 3 nitrogen and oxygen atoms in total. The summed E-state index contributed by atoms with van der Waals surface area (Å²) in [6, 6.07) is 27.9. The van der Waals surface area contributed by atoms with Crippen LogP contribution in [0.15, 0.2) is 88.7 Å². The Morgan fingerprint density at radius 3 is 1.57 bits per heavy atom. The first kappa shape index (κ1) is 22.0. The van der Waals surface area contributed by atoms with Gasteiger partial charge in [-0.25, -0.2) is 0 Å². The van der Waals surface area contributed by atoms with E-state index < -0.39 is 15.6 Å².